The quantitative estimate of drug-likeness (QED) is 0.0244. The smallest absolute Gasteiger partial charge is 0.457 e. The summed E-state index contributed by atoms with van der Waals surface area (Å²) in [6.45, 7) is 3.49. The van der Waals surface area contributed by atoms with Crippen molar-refractivity contribution in [2.75, 3.05) is 33.0 Å². The van der Waals surface area contributed by atoms with Gasteiger partial charge in [0.2, 0.25) is 0 Å². The molecule has 0 saturated heterocycles. The van der Waals surface area contributed by atoms with Gasteiger partial charge in [-0.25, -0.2) is 4.57 Å². The number of hydrogen-bond donors (Lipinski definition) is 3. The van der Waals surface area contributed by atoms with Crippen molar-refractivity contribution in [2.24, 2.45) is 0 Å². The van der Waals surface area contributed by atoms with E-state index >= 15 is 0 Å². The van der Waals surface area contributed by atoms with E-state index in [4.69, 9.17) is 23.6 Å². The van der Waals surface area contributed by atoms with E-state index < -0.39 is 33.2 Å². The van der Waals surface area contributed by atoms with Gasteiger partial charge in [-0.1, -0.05) is 154 Å². The summed E-state index contributed by atoms with van der Waals surface area (Å²) in [6.07, 6.45) is 37.0. The molecule has 0 aliphatic rings. The van der Waals surface area contributed by atoms with E-state index in [1.807, 2.05) is 0 Å². The Labute approximate surface area is 306 Å². The number of carbonyl (C=O) groups excluding carboxylic acids is 1. The van der Waals surface area contributed by atoms with Gasteiger partial charge in [0.25, 0.3) is 0 Å². The van der Waals surface area contributed by atoms with Crippen LogP contribution in [0.5, 0.6) is 0 Å². The summed E-state index contributed by atoms with van der Waals surface area (Å²) in [5, 5.41) is 18.3. The first-order valence-electron chi connectivity index (χ1n) is 20.3. The molecule has 0 rings (SSSR count). The number of unbranched alkanes of at least 4 members (excludes halogenated alkanes) is 21. The van der Waals surface area contributed by atoms with E-state index in [2.05, 4.69) is 38.2 Å². The fourth-order valence-corrected chi connectivity index (χ4v) is 6.29. The van der Waals surface area contributed by atoms with Crippen LogP contribution in [0.2, 0.25) is 0 Å². The van der Waals surface area contributed by atoms with E-state index in [0.717, 1.165) is 51.4 Å². The highest BCUT2D eigenvalue weighted by Gasteiger charge is 2.26. The van der Waals surface area contributed by atoms with Crippen LogP contribution in [0.15, 0.2) is 24.3 Å². The summed E-state index contributed by atoms with van der Waals surface area (Å²) < 4.78 is 33.3. The number of carbonyl (C=O) groups is 1. The summed E-state index contributed by atoms with van der Waals surface area (Å²) in [6, 6.07) is 0. The second kappa shape index (κ2) is 37.7. The fourth-order valence-electron chi connectivity index (χ4n) is 5.50. The van der Waals surface area contributed by atoms with Gasteiger partial charge < -0.3 is 24.6 Å². The molecule has 0 radical (unpaired) electrons. The Bertz CT molecular complexity index is 836. The van der Waals surface area contributed by atoms with E-state index in [-0.39, 0.29) is 25.6 Å². The van der Waals surface area contributed by atoms with Gasteiger partial charge in [-0.15, -0.1) is 0 Å². The molecule has 0 aliphatic heterocycles. The zero-order valence-electron chi connectivity index (χ0n) is 32.1. The number of aliphatic hydroxyl groups excluding tert-OH is 2. The first-order chi connectivity index (χ1) is 24.3. The lowest BCUT2D eigenvalue weighted by Crippen LogP contribution is -2.29. The van der Waals surface area contributed by atoms with Crippen LogP contribution >= 0.6 is 7.82 Å². The highest BCUT2D eigenvalue weighted by molar-refractivity contribution is 7.47. The molecule has 0 aliphatic carbocycles. The third-order valence-electron chi connectivity index (χ3n) is 8.64. The van der Waals surface area contributed by atoms with Gasteiger partial charge in [0.05, 0.1) is 26.4 Å². The Kier molecular flexibility index (Phi) is 36.9. The van der Waals surface area contributed by atoms with Crippen molar-refractivity contribution >= 4 is 13.8 Å². The first-order valence-corrected chi connectivity index (χ1v) is 21.8. The summed E-state index contributed by atoms with van der Waals surface area (Å²) in [7, 11) is -4.51. The number of allylic oxidation sites excluding steroid dienone is 4. The van der Waals surface area contributed by atoms with E-state index in [1.54, 1.807) is 0 Å². The zero-order valence-corrected chi connectivity index (χ0v) is 33.0. The largest absolute Gasteiger partial charge is 0.472 e. The summed E-state index contributed by atoms with van der Waals surface area (Å²) >= 11 is 0. The van der Waals surface area contributed by atoms with Gasteiger partial charge in [0.1, 0.15) is 12.2 Å². The second-order valence-corrected chi connectivity index (χ2v) is 15.1. The summed E-state index contributed by atoms with van der Waals surface area (Å²) in [5.41, 5.74) is 0. The average molecular weight is 733 g/mol. The lowest BCUT2D eigenvalue weighted by Gasteiger charge is -2.20. The van der Waals surface area contributed by atoms with Gasteiger partial charge in [-0.3, -0.25) is 13.8 Å². The van der Waals surface area contributed by atoms with Crippen LogP contribution in [0.1, 0.15) is 181 Å². The zero-order chi connectivity index (χ0) is 36.8. The normalized spacial score (nSPS) is 14.4. The number of esters is 1. The van der Waals surface area contributed by atoms with E-state index in [0.29, 0.717) is 6.61 Å². The number of ether oxygens (including phenoxy) is 2. The number of hydrogen-bond acceptors (Lipinski definition) is 8. The molecular formula is C40H77O9P. The van der Waals surface area contributed by atoms with E-state index in [9.17, 15) is 19.4 Å². The minimum Gasteiger partial charge on any atom is -0.457 e. The minimum atomic E-state index is -4.51. The second-order valence-electron chi connectivity index (χ2n) is 13.7. The molecule has 3 unspecified atom stereocenters. The molecule has 0 heterocycles. The molecule has 3 atom stereocenters. The molecule has 0 amide bonds. The summed E-state index contributed by atoms with van der Waals surface area (Å²) in [5.74, 6) is -0.389. The Balaban J connectivity index is 4.20. The molecule has 3 N–H and O–H groups in total. The average Bonchev–Trinajstić information content (AvgIpc) is 3.10. The predicted molar refractivity (Wildman–Crippen MR) is 205 cm³/mol. The van der Waals surface area contributed by atoms with Crippen LogP contribution in [0.25, 0.3) is 0 Å². The molecule has 296 valence electrons. The van der Waals surface area contributed by atoms with Crippen molar-refractivity contribution in [3.8, 4) is 0 Å². The fraction of sp³-hybridized carbons (Fsp3) is 0.875. The van der Waals surface area contributed by atoms with Crippen molar-refractivity contribution in [2.45, 2.75) is 193 Å². The molecule has 0 spiro atoms. The van der Waals surface area contributed by atoms with Crippen molar-refractivity contribution in [3.05, 3.63) is 24.3 Å². The van der Waals surface area contributed by atoms with Crippen molar-refractivity contribution < 1.29 is 43.0 Å². The van der Waals surface area contributed by atoms with Crippen molar-refractivity contribution in [1.29, 1.82) is 0 Å². The highest BCUT2D eigenvalue weighted by atomic mass is 31.2. The number of aliphatic hydroxyl groups is 2. The Morgan fingerprint density at radius 3 is 1.64 bits per heavy atom. The standard InChI is InChI=1S/C40H77O9P/c1-3-5-7-9-11-13-15-17-18-19-20-21-22-24-26-28-30-32-40(43)49-39(37-48-50(44,45)47-35-38(42)34-41)36-46-33-31-29-27-25-23-16-14-12-10-8-6-4-2/h11,13,17-18,38-39,41-42H,3-10,12,14-16,19-37H2,1-2H3,(H,44,45)/b13-11-,18-17-. The number of phosphoric acid groups is 1. The third-order valence-corrected chi connectivity index (χ3v) is 9.59. The predicted octanol–water partition coefficient (Wildman–Crippen LogP) is 10.7. The van der Waals surface area contributed by atoms with Gasteiger partial charge in [0.15, 0.2) is 0 Å². The molecular weight excluding hydrogens is 655 g/mol. The maximum atomic E-state index is 12.6. The topological polar surface area (TPSA) is 132 Å². The molecule has 0 fully saturated rings. The van der Waals surface area contributed by atoms with Gasteiger partial charge in [0, 0.05) is 13.0 Å². The van der Waals surface area contributed by atoms with Crippen LogP contribution in [0, 0.1) is 0 Å². The molecule has 0 aromatic rings. The van der Waals surface area contributed by atoms with Crippen molar-refractivity contribution in [1.82, 2.24) is 0 Å². The maximum Gasteiger partial charge on any atom is 0.472 e. The van der Waals surface area contributed by atoms with Crippen LogP contribution in [-0.4, -0.2) is 66.3 Å². The Hall–Kier alpha value is -1.06. The van der Waals surface area contributed by atoms with Crippen molar-refractivity contribution in [3.63, 3.8) is 0 Å². The van der Waals surface area contributed by atoms with Gasteiger partial charge >= 0.3 is 13.8 Å². The van der Waals surface area contributed by atoms with Crippen LogP contribution < -0.4 is 0 Å². The van der Waals surface area contributed by atoms with Crippen LogP contribution in [-0.2, 0) is 27.9 Å². The molecule has 10 heteroatoms. The SMILES string of the molecule is CCCCC/C=C\C/C=C\CCCCCCCCCC(=O)OC(COCCCCCCCCCCCCCC)COP(=O)(O)OCC(O)CO. The lowest BCUT2D eigenvalue weighted by molar-refractivity contribution is -0.154. The van der Waals surface area contributed by atoms with Gasteiger partial charge in [-0.05, 0) is 44.9 Å². The number of phosphoric ester groups is 1. The molecule has 9 nitrogen and oxygen atoms in total. The Morgan fingerprint density at radius 2 is 1.08 bits per heavy atom. The first kappa shape index (κ1) is 48.9. The maximum absolute atomic E-state index is 12.6. The molecule has 0 saturated carbocycles. The molecule has 0 aromatic carbocycles. The number of rotatable bonds is 39. The lowest BCUT2D eigenvalue weighted by atomic mass is 10.1. The van der Waals surface area contributed by atoms with Crippen LogP contribution in [0.4, 0.5) is 0 Å². The van der Waals surface area contributed by atoms with Gasteiger partial charge in [-0.2, -0.15) is 0 Å². The minimum absolute atomic E-state index is 0.0496. The highest BCUT2D eigenvalue weighted by Crippen LogP contribution is 2.43. The monoisotopic (exact) mass is 733 g/mol. The Morgan fingerprint density at radius 1 is 0.620 bits per heavy atom. The van der Waals surface area contributed by atoms with Crippen LogP contribution in [0.3, 0.4) is 0 Å². The molecule has 0 aromatic heterocycles. The third kappa shape index (κ3) is 36.7. The van der Waals surface area contributed by atoms with E-state index in [1.165, 1.54) is 109 Å². The summed E-state index contributed by atoms with van der Waals surface area (Å²) in [4.78, 5) is 22.5. The molecule has 0 bridgehead atoms. The molecule has 50 heavy (non-hydrogen) atoms.